The van der Waals surface area contributed by atoms with E-state index in [1.807, 2.05) is 22.6 Å². The minimum absolute atomic E-state index is 0.115. The van der Waals surface area contributed by atoms with E-state index in [1.165, 1.54) is 12.1 Å². The van der Waals surface area contributed by atoms with Crippen molar-refractivity contribution in [2.24, 2.45) is 5.92 Å². The first-order valence-electron chi connectivity index (χ1n) is 8.32. The van der Waals surface area contributed by atoms with Gasteiger partial charge in [0.25, 0.3) is 11.6 Å². The van der Waals surface area contributed by atoms with Gasteiger partial charge in [0.1, 0.15) is 5.76 Å². The van der Waals surface area contributed by atoms with Gasteiger partial charge in [0.2, 0.25) is 5.91 Å². The Hall–Kier alpha value is -2.50. The fourth-order valence-corrected chi connectivity index (χ4v) is 3.53. The summed E-state index contributed by atoms with van der Waals surface area (Å²) in [4.78, 5) is 37.1. The monoisotopic (exact) mass is 484 g/mol. The van der Waals surface area contributed by atoms with E-state index in [9.17, 15) is 19.7 Å². The van der Waals surface area contributed by atoms with Gasteiger partial charge in [0, 0.05) is 40.8 Å². The number of nitro groups is 1. The topological polar surface area (TPSA) is 119 Å². The number of likely N-dealkylation sites (tertiary alicyclic amines) is 1. The van der Waals surface area contributed by atoms with Crippen molar-refractivity contribution in [3.05, 3.63) is 49.3 Å². The lowest BCUT2D eigenvalue weighted by Gasteiger charge is -2.31. The largest absolute Gasteiger partial charge is 0.360 e. The first kappa shape index (κ1) is 19.3. The summed E-state index contributed by atoms with van der Waals surface area (Å²) in [5.74, 6) is 0.351. The molecule has 0 aliphatic carbocycles. The van der Waals surface area contributed by atoms with Crippen LogP contribution in [0.3, 0.4) is 0 Å². The number of piperidine rings is 1. The van der Waals surface area contributed by atoms with E-state index in [0.717, 1.165) is 0 Å². The van der Waals surface area contributed by atoms with Crippen molar-refractivity contribution in [1.82, 2.24) is 10.1 Å². The van der Waals surface area contributed by atoms with Crippen LogP contribution in [-0.2, 0) is 4.79 Å². The van der Waals surface area contributed by atoms with Crippen LogP contribution in [0, 0.1) is 26.5 Å². The Morgan fingerprint density at radius 2 is 2.04 bits per heavy atom. The van der Waals surface area contributed by atoms with Crippen LogP contribution >= 0.6 is 22.6 Å². The number of hydrogen-bond acceptors (Lipinski definition) is 6. The number of aryl methyl sites for hydroxylation is 1. The Morgan fingerprint density at radius 1 is 1.33 bits per heavy atom. The molecule has 1 aromatic carbocycles. The van der Waals surface area contributed by atoms with E-state index in [4.69, 9.17) is 4.52 Å². The number of benzene rings is 1. The second kappa shape index (κ2) is 8.03. The Balaban J connectivity index is 1.62. The number of nitro benzene ring substituents is 1. The SMILES string of the molecule is Cc1cc(NC(=O)C2CCN(C(=O)c3cc([N+](=O)[O-])ccc3I)CC2)no1. The number of nitrogens with one attached hydrogen (secondary N) is 1. The number of carbonyl (C=O) groups excluding carboxylic acids is 2. The minimum Gasteiger partial charge on any atom is -0.360 e. The van der Waals surface area contributed by atoms with Crippen LogP contribution in [0.2, 0.25) is 0 Å². The third kappa shape index (κ3) is 4.43. The molecule has 0 saturated carbocycles. The summed E-state index contributed by atoms with van der Waals surface area (Å²) in [7, 11) is 0. The van der Waals surface area contributed by atoms with E-state index in [2.05, 4.69) is 10.5 Å². The number of halogens is 1. The van der Waals surface area contributed by atoms with Crippen LogP contribution < -0.4 is 5.32 Å². The lowest BCUT2D eigenvalue weighted by Crippen LogP contribution is -2.41. The number of amides is 2. The van der Waals surface area contributed by atoms with Crippen LogP contribution in [0.5, 0.6) is 0 Å². The molecule has 1 aromatic heterocycles. The zero-order chi connectivity index (χ0) is 19.6. The third-order valence-electron chi connectivity index (χ3n) is 4.42. The molecule has 0 spiro atoms. The summed E-state index contributed by atoms with van der Waals surface area (Å²) in [6, 6.07) is 5.88. The fraction of sp³-hybridized carbons (Fsp3) is 0.353. The van der Waals surface area contributed by atoms with Gasteiger partial charge in [-0.2, -0.15) is 0 Å². The second-order valence-corrected chi connectivity index (χ2v) is 7.46. The van der Waals surface area contributed by atoms with E-state index < -0.39 is 4.92 Å². The molecular weight excluding hydrogens is 467 g/mol. The van der Waals surface area contributed by atoms with Gasteiger partial charge < -0.3 is 14.7 Å². The third-order valence-corrected chi connectivity index (χ3v) is 5.36. The summed E-state index contributed by atoms with van der Waals surface area (Å²) in [5.41, 5.74) is 0.196. The number of hydrogen-bond donors (Lipinski definition) is 1. The molecule has 1 aliphatic rings. The molecule has 9 nitrogen and oxygen atoms in total. The summed E-state index contributed by atoms with van der Waals surface area (Å²) in [6.07, 6.45) is 1.03. The van der Waals surface area contributed by atoms with Gasteiger partial charge in [0.15, 0.2) is 5.82 Å². The van der Waals surface area contributed by atoms with Crippen LogP contribution in [0.1, 0.15) is 29.0 Å². The van der Waals surface area contributed by atoms with Gasteiger partial charge >= 0.3 is 0 Å². The van der Waals surface area contributed by atoms with E-state index in [-0.39, 0.29) is 23.4 Å². The van der Waals surface area contributed by atoms with Crippen molar-refractivity contribution in [2.75, 3.05) is 18.4 Å². The lowest BCUT2D eigenvalue weighted by atomic mass is 9.95. The molecule has 10 heteroatoms. The Kier molecular flexibility index (Phi) is 5.73. The van der Waals surface area contributed by atoms with Crippen molar-refractivity contribution >= 4 is 45.9 Å². The van der Waals surface area contributed by atoms with Gasteiger partial charge in [0.05, 0.1) is 10.5 Å². The van der Waals surface area contributed by atoms with Crippen molar-refractivity contribution in [3.8, 4) is 0 Å². The van der Waals surface area contributed by atoms with Crippen LogP contribution in [0.4, 0.5) is 11.5 Å². The molecule has 3 rings (SSSR count). The van der Waals surface area contributed by atoms with Crippen LogP contribution in [0.15, 0.2) is 28.8 Å². The lowest BCUT2D eigenvalue weighted by molar-refractivity contribution is -0.384. The zero-order valence-corrected chi connectivity index (χ0v) is 16.6. The number of aromatic nitrogens is 1. The maximum absolute atomic E-state index is 12.7. The number of nitrogens with zero attached hydrogens (tertiary/aromatic N) is 3. The summed E-state index contributed by atoms with van der Waals surface area (Å²) in [6.45, 7) is 2.56. The molecule has 27 heavy (non-hydrogen) atoms. The van der Waals surface area contributed by atoms with Gasteiger partial charge in [-0.15, -0.1) is 0 Å². The molecule has 2 amide bonds. The fourth-order valence-electron chi connectivity index (χ4n) is 2.96. The van der Waals surface area contributed by atoms with Gasteiger partial charge in [-0.1, -0.05) is 5.16 Å². The predicted molar refractivity (Wildman–Crippen MR) is 104 cm³/mol. The second-order valence-electron chi connectivity index (χ2n) is 6.30. The first-order chi connectivity index (χ1) is 12.8. The molecule has 142 valence electrons. The molecule has 2 heterocycles. The quantitative estimate of drug-likeness (QED) is 0.405. The summed E-state index contributed by atoms with van der Waals surface area (Å²) >= 11 is 1.99. The highest BCUT2D eigenvalue weighted by molar-refractivity contribution is 14.1. The minimum atomic E-state index is -0.519. The van der Waals surface area contributed by atoms with Crippen LogP contribution in [0.25, 0.3) is 0 Å². The summed E-state index contributed by atoms with van der Waals surface area (Å²) in [5, 5.41) is 17.4. The molecule has 2 aromatic rings. The van der Waals surface area contributed by atoms with Crippen molar-refractivity contribution in [1.29, 1.82) is 0 Å². The molecule has 1 N–H and O–H groups in total. The highest BCUT2D eigenvalue weighted by atomic mass is 127. The standard InChI is InChI=1S/C17H17IN4O5/c1-10-8-15(20-27-10)19-16(23)11-4-6-21(7-5-11)17(24)13-9-12(22(25)26)2-3-14(13)18/h2-3,8-9,11H,4-7H2,1H3,(H,19,20,23). The van der Waals surface area contributed by atoms with Crippen molar-refractivity contribution in [2.45, 2.75) is 19.8 Å². The normalized spacial score (nSPS) is 14.8. The number of non-ortho nitro benzene ring substituents is 1. The molecule has 1 saturated heterocycles. The number of anilines is 1. The number of carbonyl (C=O) groups is 2. The molecule has 1 aliphatic heterocycles. The van der Waals surface area contributed by atoms with E-state index in [1.54, 1.807) is 24.0 Å². The van der Waals surface area contributed by atoms with Gasteiger partial charge in [-0.3, -0.25) is 19.7 Å². The van der Waals surface area contributed by atoms with E-state index in [0.29, 0.717) is 46.6 Å². The molecule has 0 radical (unpaired) electrons. The van der Waals surface area contributed by atoms with Crippen molar-refractivity contribution in [3.63, 3.8) is 0 Å². The average Bonchev–Trinajstić information content (AvgIpc) is 3.06. The Morgan fingerprint density at radius 3 is 2.63 bits per heavy atom. The maximum Gasteiger partial charge on any atom is 0.270 e. The number of rotatable bonds is 4. The average molecular weight is 484 g/mol. The Bertz CT molecular complexity index is 889. The molecule has 0 unspecified atom stereocenters. The highest BCUT2D eigenvalue weighted by Gasteiger charge is 2.29. The summed E-state index contributed by atoms with van der Waals surface area (Å²) < 4.78 is 5.58. The van der Waals surface area contributed by atoms with Gasteiger partial charge in [-0.05, 0) is 48.4 Å². The van der Waals surface area contributed by atoms with Gasteiger partial charge in [-0.25, -0.2) is 0 Å². The zero-order valence-electron chi connectivity index (χ0n) is 14.5. The van der Waals surface area contributed by atoms with E-state index >= 15 is 0 Å². The maximum atomic E-state index is 12.7. The molecule has 0 bridgehead atoms. The first-order valence-corrected chi connectivity index (χ1v) is 9.40. The van der Waals surface area contributed by atoms with Crippen molar-refractivity contribution < 1.29 is 19.0 Å². The molecule has 1 fully saturated rings. The molecular formula is C17H17IN4O5. The highest BCUT2D eigenvalue weighted by Crippen LogP contribution is 2.25. The van der Waals surface area contributed by atoms with Crippen LogP contribution in [-0.4, -0.2) is 39.9 Å². The predicted octanol–water partition coefficient (Wildman–Crippen LogP) is 2.99. The molecule has 0 atom stereocenters. The Labute approximate surface area is 168 Å². The smallest absolute Gasteiger partial charge is 0.270 e.